The smallest absolute Gasteiger partial charge is 0.243 e. The molecule has 8 nitrogen and oxygen atoms in total. The highest BCUT2D eigenvalue weighted by atomic mass is 32.2. The predicted octanol–water partition coefficient (Wildman–Crippen LogP) is 3.27. The van der Waals surface area contributed by atoms with Crippen molar-refractivity contribution in [3.63, 3.8) is 0 Å². The van der Waals surface area contributed by atoms with Crippen molar-refractivity contribution in [2.24, 2.45) is 0 Å². The summed E-state index contributed by atoms with van der Waals surface area (Å²) in [4.78, 5) is 12.5. The molecule has 0 saturated carbocycles. The lowest BCUT2D eigenvalue weighted by atomic mass is 10.3. The van der Waals surface area contributed by atoms with Gasteiger partial charge in [-0.25, -0.2) is 8.42 Å². The minimum atomic E-state index is -3.51. The van der Waals surface area contributed by atoms with Crippen LogP contribution >= 0.6 is 23.1 Å². The summed E-state index contributed by atoms with van der Waals surface area (Å²) in [7, 11) is -3.51. The number of nitrogens with zero attached hydrogens (tertiary/aromatic N) is 3. The van der Waals surface area contributed by atoms with Gasteiger partial charge in [0.25, 0.3) is 0 Å². The Balaban J connectivity index is 1.53. The van der Waals surface area contributed by atoms with Gasteiger partial charge in [-0.1, -0.05) is 42.5 Å². The Bertz CT molecular complexity index is 926. The zero-order valence-corrected chi connectivity index (χ0v) is 18.7. The first-order valence-electron chi connectivity index (χ1n) is 9.59. The number of rotatable bonds is 10. The van der Waals surface area contributed by atoms with Crippen molar-refractivity contribution < 1.29 is 13.2 Å². The molecular weight excluding hydrogens is 430 g/mol. The molecule has 1 amide bonds. The number of nitrogens with one attached hydrogen (secondary N) is 2. The van der Waals surface area contributed by atoms with Crippen LogP contribution in [0.3, 0.4) is 0 Å². The highest BCUT2D eigenvalue weighted by Crippen LogP contribution is 2.26. The fourth-order valence-electron chi connectivity index (χ4n) is 2.85. The van der Waals surface area contributed by atoms with E-state index in [9.17, 15) is 13.2 Å². The van der Waals surface area contributed by atoms with Crippen LogP contribution in [0, 0.1) is 0 Å². The number of hydrogen-bond acceptors (Lipinski definition) is 8. The Morgan fingerprint density at radius 3 is 2.83 bits per heavy atom. The summed E-state index contributed by atoms with van der Waals surface area (Å²) < 4.78 is 27.5. The molecule has 11 heteroatoms. The van der Waals surface area contributed by atoms with Crippen LogP contribution in [-0.4, -0.2) is 54.2 Å². The number of carbonyl (C=O) groups is 1. The van der Waals surface area contributed by atoms with Crippen molar-refractivity contribution >= 4 is 49.8 Å². The van der Waals surface area contributed by atoms with Crippen LogP contribution in [0.5, 0.6) is 0 Å². The molecule has 1 fully saturated rings. The second-order valence-electron chi connectivity index (χ2n) is 6.63. The number of aromatic nitrogens is 2. The average molecular weight is 456 g/mol. The zero-order chi connectivity index (χ0) is 20.7. The van der Waals surface area contributed by atoms with Crippen LogP contribution in [0.1, 0.15) is 32.6 Å². The van der Waals surface area contributed by atoms with Gasteiger partial charge in [-0.2, -0.15) is 4.31 Å². The average Bonchev–Trinajstić information content (AvgIpc) is 3.39. The van der Waals surface area contributed by atoms with Gasteiger partial charge in [0.1, 0.15) is 0 Å². The number of sulfonamides is 1. The number of unbranched alkanes of at least 4 members (excludes halogenated alkanes) is 1. The van der Waals surface area contributed by atoms with Crippen molar-refractivity contribution in [2.45, 2.75) is 41.8 Å². The summed E-state index contributed by atoms with van der Waals surface area (Å²) in [6.07, 6.45) is 3.94. The number of carbonyl (C=O) groups excluding carboxylic acids is 1. The number of anilines is 2. The Labute approximate surface area is 179 Å². The molecule has 1 saturated heterocycles. The quantitative estimate of drug-likeness (QED) is 0.418. The third-order valence-corrected chi connectivity index (χ3v) is 8.27. The molecule has 1 aliphatic rings. The first-order valence-corrected chi connectivity index (χ1v) is 12.8. The Morgan fingerprint density at radius 2 is 2.07 bits per heavy atom. The van der Waals surface area contributed by atoms with Gasteiger partial charge in [0.05, 0.1) is 10.6 Å². The molecule has 0 spiro atoms. The van der Waals surface area contributed by atoms with Gasteiger partial charge in [0.15, 0.2) is 4.34 Å². The number of benzene rings is 1. The molecule has 0 bridgehead atoms. The Morgan fingerprint density at radius 1 is 1.28 bits per heavy atom. The fourth-order valence-corrected chi connectivity index (χ4v) is 5.99. The van der Waals surface area contributed by atoms with E-state index >= 15 is 0 Å². The van der Waals surface area contributed by atoms with E-state index in [4.69, 9.17) is 0 Å². The topological polar surface area (TPSA) is 104 Å². The van der Waals surface area contributed by atoms with Crippen LogP contribution in [-0.2, 0) is 14.8 Å². The first kappa shape index (κ1) is 22.0. The standard InChI is InChI=1S/C18H25N5O3S3/c1-2-3-9-19-17-21-22-18(28-17)27-13-16(24)20-14-7-6-8-15(12-14)29(25,26)23-10-4-5-11-23/h6-8,12H,2-5,9-11,13H2,1H3,(H,19,21)(H,20,24). The maximum atomic E-state index is 12.7. The second kappa shape index (κ2) is 10.4. The van der Waals surface area contributed by atoms with Gasteiger partial charge >= 0.3 is 0 Å². The molecule has 0 aliphatic carbocycles. The monoisotopic (exact) mass is 455 g/mol. The van der Waals surface area contributed by atoms with Crippen molar-refractivity contribution in [3.8, 4) is 0 Å². The van der Waals surface area contributed by atoms with E-state index in [0.717, 1.165) is 37.4 Å². The molecule has 2 N–H and O–H groups in total. The minimum Gasteiger partial charge on any atom is -0.360 e. The minimum absolute atomic E-state index is 0.173. The molecule has 1 aromatic heterocycles. The molecule has 0 unspecified atom stereocenters. The molecule has 2 aromatic rings. The SMILES string of the molecule is CCCCNc1nnc(SCC(=O)Nc2cccc(S(=O)(=O)N3CCCC3)c2)s1. The molecule has 0 atom stereocenters. The lowest BCUT2D eigenvalue weighted by molar-refractivity contribution is -0.113. The van der Waals surface area contributed by atoms with E-state index in [1.807, 2.05) is 0 Å². The Kier molecular flexibility index (Phi) is 7.87. The summed E-state index contributed by atoms with van der Waals surface area (Å²) in [6.45, 7) is 4.07. The number of hydrogen-bond donors (Lipinski definition) is 2. The van der Waals surface area contributed by atoms with E-state index in [1.165, 1.54) is 33.5 Å². The molecule has 1 aliphatic heterocycles. The molecule has 29 heavy (non-hydrogen) atoms. The predicted molar refractivity (Wildman–Crippen MR) is 117 cm³/mol. The van der Waals surface area contributed by atoms with E-state index in [2.05, 4.69) is 27.8 Å². The maximum Gasteiger partial charge on any atom is 0.243 e. The van der Waals surface area contributed by atoms with Gasteiger partial charge in [-0.15, -0.1) is 10.2 Å². The van der Waals surface area contributed by atoms with Gasteiger partial charge in [-0.05, 0) is 37.5 Å². The summed E-state index contributed by atoms with van der Waals surface area (Å²) in [5, 5.41) is 14.8. The van der Waals surface area contributed by atoms with Crippen molar-refractivity contribution in [1.82, 2.24) is 14.5 Å². The fraction of sp³-hybridized carbons (Fsp3) is 0.500. The highest BCUT2D eigenvalue weighted by Gasteiger charge is 2.27. The first-order chi connectivity index (χ1) is 14.0. The normalized spacial score (nSPS) is 14.8. The van der Waals surface area contributed by atoms with Crippen LogP contribution in [0.15, 0.2) is 33.5 Å². The molecule has 3 rings (SSSR count). The zero-order valence-electron chi connectivity index (χ0n) is 16.3. The lowest BCUT2D eigenvalue weighted by Gasteiger charge is -2.16. The summed E-state index contributed by atoms with van der Waals surface area (Å²) in [5.74, 6) is -0.0476. The summed E-state index contributed by atoms with van der Waals surface area (Å²) >= 11 is 2.72. The molecule has 0 radical (unpaired) electrons. The van der Waals surface area contributed by atoms with E-state index in [1.54, 1.807) is 18.2 Å². The maximum absolute atomic E-state index is 12.7. The summed E-state index contributed by atoms with van der Waals surface area (Å²) in [6, 6.07) is 6.40. The van der Waals surface area contributed by atoms with Crippen molar-refractivity contribution in [3.05, 3.63) is 24.3 Å². The van der Waals surface area contributed by atoms with Gasteiger partial charge in [0.2, 0.25) is 21.1 Å². The van der Waals surface area contributed by atoms with Gasteiger partial charge in [-0.3, -0.25) is 4.79 Å². The number of amides is 1. The van der Waals surface area contributed by atoms with Crippen LogP contribution in [0.25, 0.3) is 0 Å². The van der Waals surface area contributed by atoms with Gasteiger partial charge in [0, 0.05) is 25.3 Å². The van der Waals surface area contributed by atoms with E-state index < -0.39 is 10.0 Å². The molecule has 1 aromatic carbocycles. The Hall–Kier alpha value is -1.69. The van der Waals surface area contributed by atoms with E-state index in [-0.39, 0.29) is 16.6 Å². The van der Waals surface area contributed by atoms with Gasteiger partial charge < -0.3 is 10.6 Å². The molecular formula is C18H25N5O3S3. The largest absolute Gasteiger partial charge is 0.360 e. The van der Waals surface area contributed by atoms with Crippen molar-refractivity contribution in [1.29, 1.82) is 0 Å². The third-order valence-electron chi connectivity index (χ3n) is 4.36. The van der Waals surface area contributed by atoms with Crippen LogP contribution in [0.4, 0.5) is 10.8 Å². The highest BCUT2D eigenvalue weighted by molar-refractivity contribution is 8.01. The van der Waals surface area contributed by atoms with E-state index in [0.29, 0.717) is 23.1 Å². The van der Waals surface area contributed by atoms with Crippen LogP contribution < -0.4 is 10.6 Å². The molecule has 2 heterocycles. The number of thioether (sulfide) groups is 1. The molecule has 158 valence electrons. The van der Waals surface area contributed by atoms with Crippen LogP contribution in [0.2, 0.25) is 0 Å². The summed E-state index contributed by atoms with van der Waals surface area (Å²) in [5.41, 5.74) is 0.468. The van der Waals surface area contributed by atoms with Crippen molar-refractivity contribution in [2.75, 3.05) is 36.0 Å². The second-order valence-corrected chi connectivity index (χ2v) is 10.8. The third kappa shape index (κ3) is 6.14. The lowest BCUT2D eigenvalue weighted by Crippen LogP contribution is -2.28.